The van der Waals surface area contributed by atoms with E-state index in [1.54, 1.807) is 13.2 Å². The maximum Gasteiger partial charge on any atom is 0.291 e. The van der Waals surface area contributed by atoms with Crippen LogP contribution in [0.25, 0.3) is 21.8 Å². The number of rotatable bonds is 3. The van der Waals surface area contributed by atoms with Crippen molar-refractivity contribution in [3.05, 3.63) is 40.8 Å². The second-order valence-electron chi connectivity index (χ2n) is 7.95. The molecule has 6 nitrogen and oxygen atoms in total. The number of hydrogen-bond acceptors (Lipinski definition) is 3. The van der Waals surface area contributed by atoms with E-state index in [4.69, 9.17) is 0 Å². The van der Waals surface area contributed by atoms with Crippen LogP contribution in [-0.2, 0) is 11.8 Å². The molecule has 2 aromatic heterocycles. The summed E-state index contributed by atoms with van der Waals surface area (Å²) < 4.78 is 3.21. The topological polar surface area (TPSA) is 68.9 Å². The Hall–Kier alpha value is -2.63. The number of nitrogens with one attached hydrogen (secondary N) is 1. The summed E-state index contributed by atoms with van der Waals surface area (Å²) in [6.45, 7) is 1.88. The summed E-state index contributed by atoms with van der Waals surface area (Å²) in [5, 5.41) is 9.18. The van der Waals surface area contributed by atoms with E-state index in [1.165, 1.54) is 36.8 Å². The third kappa shape index (κ3) is 3.32. The van der Waals surface area contributed by atoms with Gasteiger partial charge in [-0.2, -0.15) is 5.10 Å². The van der Waals surface area contributed by atoms with Gasteiger partial charge in [0.05, 0.1) is 11.7 Å². The Kier molecular flexibility index (Phi) is 5.20. The summed E-state index contributed by atoms with van der Waals surface area (Å²) in [7, 11) is 1.64. The predicted molar refractivity (Wildman–Crippen MR) is 111 cm³/mol. The van der Waals surface area contributed by atoms with Crippen LogP contribution in [0.5, 0.6) is 0 Å². The molecule has 0 spiro atoms. The molecule has 1 amide bonds. The molecule has 1 atom stereocenters. The third-order valence-electron chi connectivity index (χ3n) is 6.02. The number of fused-ring (bicyclic) bond motifs is 3. The van der Waals surface area contributed by atoms with Gasteiger partial charge in [-0.3, -0.25) is 9.59 Å². The van der Waals surface area contributed by atoms with Crippen molar-refractivity contribution in [3.8, 4) is 0 Å². The Balaban J connectivity index is 1.73. The number of carbonyl (C=O) groups is 1. The predicted octanol–water partition coefficient (Wildman–Crippen LogP) is 3.68. The van der Waals surface area contributed by atoms with Crippen molar-refractivity contribution >= 4 is 27.7 Å². The smallest absolute Gasteiger partial charge is 0.291 e. The van der Waals surface area contributed by atoms with Gasteiger partial charge in [0.1, 0.15) is 11.6 Å². The van der Waals surface area contributed by atoms with Gasteiger partial charge in [0.2, 0.25) is 5.91 Å². The van der Waals surface area contributed by atoms with E-state index < -0.39 is 6.04 Å². The molecule has 4 rings (SSSR count). The highest BCUT2D eigenvalue weighted by atomic mass is 16.2. The first-order valence-electron chi connectivity index (χ1n) is 10.3. The van der Waals surface area contributed by atoms with E-state index >= 15 is 0 Å². The van der Waals surface area contributed by atoms with E-state index in [0.717, 1.165) is 29.1 Å². The molecule has 1 saturated carbocycles. The zero-order valence-corrected chi connectivity index (χ0v) is 16.6. The third-order valence-corrected chi connectivity index (χ3v) is 6.02. The van der Waals surface area contributed by atoms with Crippen molar-refractivity contribution in [3.63, 3.8) is 0 Å². The molecule has 0 radical (unpaired) electrons. The Morgan fingerprint density at radius 1 is 1.11 bits per heavy atom. The van der Waals surface area contributed by atoms with Crippen LogP contribution < -0.4 is 10.9 Å². The molecule has 1 N–H and O–H groups in total. The number of aryl methyl sites for hydroxylation is 1. The number of benzene rings is 1. The normalized spacial score (nSPS) is 17.4. The lowest BCUT2D eigenvalue weighted by molar-refractivity contribution is -0.124. The minimum atomic E-state index is -0.469. The van der Waals surface area contributed by atoms with Crippen LogP contribution in [0.15, 0.2) is 35.3 Å². The summed E-state index contributed by atoms with van der Waals surface area (Å²) in [4.78, 5) is 26.0. The second kappa shape index (κ2) is 7.78. The largest absolute Gasteiger partial charge is 0.352 e. The number of amides is 1. The minimum Gasteiger partial charge on any atom is -0.352 e. The van der Waals surface area contributed by atoms with Gasteiger partial charge >= 0.3 is 0 Å². The van der Waals surface area contributed by atoms with Crippen molar-refractivity contribution in [1.82, 2.24) is 19.7 Å². The Labute approximate surface area is 164 Å². The van der Waals surface area contributed by atoms with Crippen LogP contribution in [0.2, 0.25) is 0 Å². The van der Waals surface area contributed by atoms with E-state index in [-0.39, 0.29) is 17.5 Å². The van der Waals surface area contributed by atoms with Gasteiger partial charge in [-0.05, 0) is 25.8 Å². The zero-order chi connectivity index (χ0) is 19.7. The number of nitrogens with zero attached hydrogens (tertiary/aromatic N) is 3. The summed E-state index contributed by atoms with van der Waals surface area (Å²) in [6, 6.07) is 7.59. The molecule has 1 fully saturated rings. The number of hydrogen-bond donors (Lipinski definition) is 1. The van der Waals surface area contributed by atoms with Crippen molar-refractivity contribution in [2.75, 3.05) is 0 Å². The minimum absolute atomic E-state index is 0.0212. The fraction of sp³-hybridized carbons (Fsp3) is 0.500. The van der Waals surface area contributed by atoms with Crippen LogP contribution in [0.3, 0.4) is 0 Å². The summed E-state index contributed by atoms with van der Waals surface area (Å²) in [5.74, 6) is -0.0212. The molecule has 0 bridgehead atoms. The molecular formula is C22H28N4O2. The highest BCUT2D eigenvalue weighted by Crippen LogP contribution is 2.29. The average molecular weight is 380 g/mol. The van der Waals surface area contributed by atoms with Gasteiger partial charge in [0.15, 0.2) is 0 Å². The van der Waals surface area contributed by atoms with Gasteiger partial charge in [-0.1, -0.05) is 50.3 Å². The molecule has 1 aromatic carbocycles. The fourth-order valence-corrected chi connectivity index (χ4v) is 4.43. The molecule has 1 aliphatic rings. The van der Waals surface area contributed by atoms with Crippen LogP contribution in [-0.4, -0.2) is 26.3 Å². The quantitative estimate of drug-likeness (QED) is 0.754. The van der Waals surface area contributed by atoms with Gasteiger partial charge in [-0.25, -0.2) is 4.68 Å². The molecule has 6 heteroatoms. The van der Waals surface area contributed by atoms with Crippen molar-refractivity contribution < 1.29 is 4.79 Å². The van der Waals surface area contributed by atoms with Gasteiger partial charge in [0.25, 0.3) is 5.56 Å². The first kappa shape index (κ1) is 18.7. The fourth-order valence-electron chi connectivity index (χ4n) is 4.43. The maximum absolute atomic E-state index is 13.1. The Bertz CT molecular complexity index is 1060. The van der Waals surface area contributed by atoms with E-state index in [0.29, 0.717) is 5.52 Å². The van der Waals surface area contributed by atoms with Gasteiger partial charge in [-0.15, -0.1) is 0 Å². The van der Waals surface area contributed by atoms with Crippen molar-refractivity contribution in [1.29, 1.82) is 0 Å². The molecule has 2 heterocycles. The summed E-state index contributed by atoms with van der Waals surface area (Å²) in [5.41, 5.74) is 1.25. The Morgan fingerprint density at radius 2 is 1.79 bits per heavy atom. The summed E-state index contributed by atoms with van der Waals surface area (Å²) >= 11 is 0. The lowest BCUT2D eigenvalue weighted by atomic mass is 9.96. The van der Waals surface area contributed by atoms with Crippen LogP contribution in [0.4, 0.5) is 0 Å². The molecule has 1 aliphatic carbocycles. The molecule has 28 heavy (non-hydrogen) atoms. The Morgan fingerprint density at radius 3 is 2.54 bits per heavy atom. The average Bonchev–Trinajstić information content (AvgIpc) is 3.01. The van der Waals surface area contributed by atoms with Crippen LogP contribution in [0, 0.1) is 0 Å². The van der Waals surface area contributed by atoms with Crippen LogP contribution in [0.1, 0.15) is 57.9 Å². The zero-order valence-electron chi connectivity index (χ0n) is 16.6. The second-order valence-corrected chi connectivity index (χ2v) is 7.95. The standard InChI is InChI=1S/C22H28N4O2/c1-15(21(27)24-16-10-6-4-3-5-7-11-16)26-19-13-9-8-12-17(19)18-14-23-25(2)22(28)20(18)26/h8-9,12-16H,3-7,10-11H2,1-2H3,(H,24,27)/t15-/m0/s1. The number of aromatic nitrogens is 3. The van der Waals surface area contributed by atoms with Crippen LogP contribution >= 0.6 is 0 Å². The first-order chi connectivity index (χ1) is 13.6. The molecule has 3 aromatic rings. The lowest BCUT2D eigenvalue weighted by Crippen LogP contribution is -2.39. The van der Waals surface area contributed by atoms with E-state index in [1.807, 2.05) is 35.8 Å². The van der Waals surface area contributed by atoms with E-state index in [9.17, 15) is 9.59 Å². The van der Waals surface area contributed by atoms with Crippen molar-refractivity contribution in [2.24, 2.45) is 7.05 Å². The molecule has 0 saturated heterocycles. The maximum atomic E-state index is 13.1. The van der Waals surface area contributed by atoms with Crippen molar-refractivity contribution in [2.45, 2.75) is 64.0 Å². The van der Waals surface area contributed by atoms with Gasteiger partial charge < -0.3 is 9.88 Å². The number of para-hydroxylation sites is 1. The van der Waals surface area contributed by atoms with E-state index in [2.05, 4.69) is 10.4 Å². The highest BCUT2D eigenvalue weighted by Gasteiger charge is 2.25. The molecule has 0 aliphatic heterocycles. The first-order valence-corrected chi connectivity index (χ1v) is 10.3. The monoisotopic (exact) mass is 380 g/mol. The molecule has 148 valence electrons. The van der Waals surface area contributed by atoms with Gasteiger partial charge in [0, 0.05) is 23.9 Å². The highest BCUT2D eigenvalue weighted by molar-refractivity contribution is 6.08. The summed E-state index contributed by atoms with van der Waals surface area (Å²) in [6.07, 6.45) is 9.93. The number of carbonyl (C=O) groups excluding carboxylic acids is 1. The SMILES string of the molecule is C[C@@H](C(=O)NC1CCCCCCC1)n1c2ccccc2c2cnn(C)c(=O)c21. The molecule has 0 unspecified atom stereocenters. The lowest BCUT2D eigenvalue weighted by Gasteiger charge is -2.24. The molecular weight excluding hydrogens is 352 g/mol.